The van der Waals surface area contributed by atoms with Gasteiger partial charge < -0.3 is 0 Å². The molecule has 0 aliphatic heterocycles. The van der Waals surface area contributed by atoms with E-state index in [0.29, 0.717) is 0 Å². The first kappa shape index (κ1) is 10.1. The molecule has 0 heterocycles. The summed E-state index contributed by atoms with van der Waals surface area (Å²) in [5, 5.41) is 2.37. The van der Waals surface area contributed by atoms with E-state index in [-0.39, 0.29) is 0 Å². The standard InChI is InChI=1S/C11H13NS/c1-2-10-3-5-11(6-4-10)7-8-12-9-13/h3-6H,2,7-8H2,1H3. The third kappa shape index (κ3) is 3.49. The summed E-state index contributed by atoms with van der Waals surface area (Å²) in [4.78, 5) is 3.87. The van der Waals surface area contributed by atoms with E-state index in [1.165, 1.54) is 11.1 Å². The lowest BCUT2D eigenvalue weighted by Gasteiger charge is -1.99. The number of nitrogens with zero attached hydrogens (tertiary/aromatic N) is 1. The van der Waals surface area contributed by atoms with Gasteiger partial charge in [0.15, 0.2) is 0 Å². The zero-order valence-corrected chi connectivity index (χ0v) is 8.60. The molecule has 0 aliphatic carbocycles. The minimum Gasteiger partial charge on any atom is -0.232 e. The molecule has 0 saturated heterocycles. The molecule has 1 aromatic carbocycles. The van der Waals surface area contributed by atoms with Gasteiger partial charge in [-0.3, -0.25) is 0 Å². The first-order valence-corrected chi connectivity index (χ1v) is 4.89. The minimum absolute atomic E-state index is 0.745. The topological polar surface area (TPSA) is 12.4 Å². The summed E-state index contributed by atoms with van der Waals surface area (Å²) in [6, 6.07) is 8.63. The van der Waals surface area contributed by atoms with E-state index in [9.17, 15) is 0 Å². The normalized spacial score (nSPS) is 9.31. The minimum atomic E-state index is 0.745. The van der Waals surface area contributed by atoms with Crippen LogP contribution in [0.2, 0.25) is 0 Å². The van der Waals surface area contributed by atoms with Crippen molar-refractivity contribution >= 4 is 17.4 Å². The zero-order valence-electron chi connectivity index (χ0n) is 7.79. The molecule has 0 unspecified atom stereocenters. The van der Waals surface area contributed by atoms with E-state index >= 15 is 0 Å². The molecule has 0 amide bonds. The fourth-order valence-corrected chi connectivity index (χ4v) is 1.26. The summed E-state index contributed by atoms with van der Waals surface area (Å²) in [5.74, 6) is 0. The zero-order chi connectivity index (χ0) is 9.52. The van der Waals surface area contributed by atoms with E-state index in [0.717, 1.165) is 19.4 Å². The van der Waals surface area contributed by atoms with Crippen LogP contribution in [0.1, 0.15) is 18.1 Å². The predicted molar refractivity (Wildman–Crippen MR) is 59.4 cm³/mol. The van der Waals surface area contributed by atoms with Gasteiger partial charge in [0.1, 0.15) is 0 Å². The number of hydrogen-bond donors (Lipinski definition) is 0. The Kier molecular flexibility index (Phi) is 4.37. The lowest BCUT2D eigenvalue weighted by atomic mass is 10.1. The summed E-state index contributed by atoms with van der Waals surface area (Å²) in [6.07, 6.45) is 2.05. The van der Waals surface area contributed by atoms with Gasteiger partial charge in [-0.25, -0.2) is 4.99 Å². The van der Waals surface area contributed by atoms with Crippen LogP contribution in [0.5, 0.6) is 0 Å². The Morgan fingerprint density at radius 1 is 1.23 bits per heavy atom. The van der Waals surface area contributed by atoms with Gasteiger partial charge in [-0.15, -0.1) is 0 Å². The van der Waals surface area contributed by atoms with Crippen molar-refractivity contribution in [3.63, 3.8) is 0 Å². The van der Waals surface area contributed by atoms with E-state index in [1.807, 2.05) is 0 Å². The summed E-state index contributed by atoms with van der Waals surface area (Å²) < 4.78 is 0. The highest BCUT2D eigenvalue weighted by molar-refractivity contribution is 7.78. The van der Waals surface area contributed by atoms with E-state index in [1.54, 1.807) is 0 Å². The highest BCUT2D eigenvalue weighted by Gasteiger charge is 1.92. The molecule has 1 rings (SSSR count). The van der Waals surface area contributed by atoms with Gasteiger partial charge in [-0.1, -0.05) is 31.2 Å². The van der Waals surface area contributed by atoms with Gasteiger partial charge in [0.2, 0.25) is 0 Å². The van der Waals surface area contributed by atoms with E-state index in [4.69, 9.17) is 0 Å². The van der Waals surface area contributed by atoms with Crippen LogP contribution in [0.4, 0.5) is 0 Å². The molecular weight excluding hydrogens is 178 g/mol. The van der Waals surface area contributed by atoms with Crippen LogP contribution >= 0.6 is 12.2 Å². The number of aryl methyl sites for hydroxylation is 1. The van der Waals surface area contributed by atoms with Crippen molar-refractivity contribution < 1.29 is 0 Å². The van der Waals surface area contributed by atoms with Gasteiger partial charge in [-0.2, -0.15) is 0 Å². The SMILES string of the molecule is CCc1ccc(CCN=C=S)cc1. The Morgan fingerprint density at radius 3 is 2.38 bits per heavy atom. The number of isothiocyanates is 1. The summed E-state index contributed by atoms with van der Waals surface area (Å²) in [7, 11) is 0. The van der Waals surface area contributed by atoms with Crippen LogP contribution in [0, 0.1) is 0 Å². The quantitative estimate of drug-likeness (QED) is 0.526. The van der Waals surface area contributed by atoms with E-state index in [2.05, 4.69) is 53.6 Å². The van der Waals surface area contributed by atoms with Crippen LogP contribution < -0.4 is 0 Å². The first-order chi connectivity index (χ1) is 6.36. The molecule has 0 aromatic heterocycles. The Morgan fingerprint density at radius 2 is 1.85 bits per heavy atom. The Balaban J connectivity index is 2.53. The molecule has 0 spiro atoms. The molecule has 2 heteroatoms. The van der Waals surface area contributed by atoms with Crippen LogP contribution in [-0.4, -0.2) is 11.7 Å². The molecule has 68 valence electrons. The van der Waals surface area contributed by atoms with Gasteiger partial charge in [0.05, 0.1) is 11.7 Å². The van der Waals surface area contributed by atoms with Crippen molar-refractivity contribution in [1.82, 2.24) is 0 Å². The van der Waals surface area contributed by atoms with Crippen LogP contribution in [0.25, 0.3) is 0 Å². The lowest BCUT2D eigenvalue weighted by Crippen LogP contribution is -1.89. The number of rotatable bonds is 4. The Hall–Kier alpha value is -0.980. The van der Waals surface area contributed by atoms with Crippen molar-refractivity contribution in [2.75, 3.05) is 6.54 Å². The summed E-state index contributed by atoms with van der Waals surface area (Å²) >= 11 is 4.49. The number of hydrogen-bond acceptors (Lipinski definition) is 2. The molecule has 0 atom stereocenters. The van der Waals surface area contributed by atoms with Crippen molar-refractivity contribution in [3.8, 4) is 0 Å². The number of aliphatic imine (C=N–C) groups is 1. The van der Waals surface area contributed by atoms with Gasteiger partial charge in [-0.05, 0) is 36.2 Å². The second-order valence-corrected chi connectivity index (χ2v) is 3.08. The largest absolute Gasteiger partial charge is 0.232 e. The molecular formula is C11H13NS. The highest BCUT2D eigenvalue weighted by Crippen LogP contribution is 2.05. The molecule has 1 aromatic rings. The van der Waals surface area contributed by atoms with Crippen molar-refractivity contribution in [2.45, 2.75) is 19.8 Å². The Bertz CT molecular complexity index is 296. The van der Waals surface area contributed by atoms with Crippen LogP contribution in [0.15, 0.2) is 29.3 Å². The van der Waals surface area contributed by atoms with Gasteiger partial charge >= 0.3 is 0 Å². The van der Waals surface area contributed by atoms with Crippen molar-refractivity contribution in [3.05, 3.63) is 35.4 Å². The maximum atomic E-state index is 4.49. The molecule has 0 bridgehead atoms. The van der Waals surface area contributed by atoms with Crippen molar-refractivity contribution in [2.24, 2.45) is 4.99 Å². The Labute approximate surface area is 84.5 Å². The molecule has 0 N–H and O–H groups in total. The monoisotopic (exact) mass is 191 g/mol. The average Bonchev–Trinajstić information content (AvgIpc) is 2.19. The fourth-order valence-electron chi connectivity index (χ4n) is 1.17. The summed E-state index contributed by atoms with van der Waals surface area (Å²) in [6.45, 7) is 2.90. The number of benzene rings is 1. The molecule has 0 radical (unpaired) electrons. The van der Waals surface area contributed by atoms with Crippen molar-refractivity contribution in [1.29, 1.82) is 0 Å². The van der Waals surface area contributed by atoms with Crippen LogP contribution in [-0.2, 0) is 12.8 Å². The molecule has 1 nitrogen and oxygen atoms in total. The highest BCUT2D eigenvalue weighted by atomic mass is 32.1. The fraction of sp³-hybridized carbons (Fsp3) is 0.364. The van der Waals surface area contributed by atoms with Crippen LogP contribution in [0.3, 0.4) is 0 Å². The lowest BCUT2D eigenvalue weighted by molar-refractivity contribution is 0.973. The summed E-state index contributed by atoms with van der Waals surface area (Å²) in [5.41, 5.74) is 2.69. The predicted octanol–water partition coefficient (Wildman–Crippen LogP) is 2.89. The molecule has 0 aliphatic rings. The second kappa shape index (κ2) is 5.63. The maximum Gasteiger partial charge on any atom is 0.0585 e. The average molecular weight is 191 g/mol. The smallest absolute Gasteiger partial charge is 0.0585 e. The second-order valence-electron chi connectivity index (χ2n) is 2.89. The van der Waals surface area contributed by atoms with Gasteiger partial charge in [0, 0.05) is 0 Å². The maximum absolute atomic E-state index is 4.49. The van der Waals surface area contributed by atoms with Gasteiger partial charge in [0.25, 0.3) is 0 Å². The third-order valence-electron chi connectivity index (χ3n) is 2.01. The van der Waals surface area contributed by atoms with E-state index < -0.39 is 0 Å². The molecule has 0 fully saturated rings. The molecule has 0 saturated carbocycles. The number of thiocarbonyl (C=S) groups is 1. The molecule has 13 heavy (non-hydrogen) atoms. The third-order valence-corrected chi connectivity index (χ3v) is 2.14. The first-order valence-electron chi connectivity index (χ1n) is 4.48.